The van der Waals surface area contributed by atoms with Crippen molar-refractivity contribution >= 4 is 45.6 Å². The lowest BCUT2D eigenvalue weighted by Crippen LogP contribution is -2.14. The monoisotopic (exact) mass is 417 g/mol. The molecule has 0 aliphatic carbocycles. The molecule has 1 heterocycles. The number of hydrogen-bond donors (Lipinski definition) is 2. The van der Waals surface area contributed by atoms with Crippen molar-refractivity contribution in [1.29, 1.82) is 0 Å². The summed E-state index contributed by atoms with van der Waals surface area (Å²) >= 11 is 7.21. The van der Waals surface area contributed by atoms with Gasteiger partial charge in [-0.2, -0.15) is 0 Å². The lowest BCUT2D eigenvalue weighted by atomic mass is 10.2. The Morgan fingerprint density at radius 2 is 1.75 bits per heavy atom. The fourth-order valence-corrected chi connectivity index (χ4v) is 3.23. The molecule has 3 rings (SSSR count). The Balaban J connectivity index is 1.64. The molecule has 0 fully saturated rings. The van der Waals surface area contributed by atoms with Crippen LogP contribution in [0.3, 0.4) is 0 Å². The number of benzene rings is 2. The molecule has 2 amide bonds. The number of methoxy groups -OCH3 is 2. The van der Waals surface area contributed by atoms with Crippen LogP contribution in [0.5, 0.6) is 11.5 Å². The number of carbonyl (C=O) groups is 2. The van der Waals surface area contributed by atoms with Crippen molar-refractivity contribution in [3.8, 4) is 11.5 Å². The molecule has 0 atom stereocenters. The second-order valence-electron chi connectivity index (χ2n) is 5.52. The first-order valence-electron chi connectivity index (χ1n) is 8.06. The van der Waals surface area contributed by atoms with Gasteiger partial charge in [0.25, 0.3) is 11.8 Å². The van der Waals surface area contributed by atoms with E-state index >= 15 is 0 Å². The number of thiazole rings is 1. The highest BCUT2D eigenvalue weighted by atomic mass is 35.5. The highest BCUT2D eigenvalue weighted by Crippen LogP contribution is 2.27. The predicted octanol–water partition coefficient (Wildman–Crippen LogP) is 4.32. The molecule has 0 unspecified atom stereocenters. The largest absolute Gasteiger partial charge is 0.497 e. The van der Waals surface area contributed by atoms with Crippen LogP contribution < -0.4 is 20.1 Å². The van der Waals surface area contributed by atoms with Gasteiger partial charge < -0.3 is 14.8 Å². The molecule has 0 radical (unpaired) electrons. The van der Waals surface area contributed by atoms with Gasteiger partial charge in [0.05, 0.1) is 19.2 Å². The molecule has 3 aromatic rings. The van der Waals surface area contributed by atoms with Gasteiger partial charge in [-0.05, 0) is 42.5 Å². The minimum absolute atomic E-state index is 0.182. The summed E-state index contributed by atoms with van der Waals surface area (Å²) in [6.45, 7) is 0. The summed E-state index contributed by atoms with van der Waals surface area (Å²) in [6.07, 6.45) is 0. The maximum atomic E-state index is 12.4. The van der Waals surface area contributed by atoms with Gasteiger partial charge in [-0.3, -0.25) is 14.9 Å². The number of rotatable bonds is 6. The molecule has 0 saturated heterocycles. The molecule has 0 bridgehead atoms. The Bertz CT molecular complexity index is 1000. The number of nitrogens with one attached hydrogen (secondary N) is 2. The average molecular weight is 418 g/mol. The minimum atomic E-state index is -0.414. The summed E-state index contributed by atoms with van der Waals surface area (Å²) in [6, 6.07) is 11.6. The first kappa shape index (κ1) is 19.7. The van der Waals surface area contributed by atoms with E-state index in [1.165, 1.54) is 7.11 Å². The van der Waals surface area contributed by atoms with Gasteiger partial charge in [-0.15, -0.1) is 11.3 Å². The lowest BCUT2D eigenvalue weighted by Gasteiger charge is -2.07. The van der Waals surface area contributed by atoms with Gasteiger partial charge in [0.2, 0.25) is 0 Å². The zero-order chi connectivity index (χ0) is 20.1. The molecule has 0 saturated carbocycles. The van der Waals surface area contributed by atoms with E-state index in [9.17, 15) is 9.59 Å². The van der Waals surface area contributed by atoms with Crippen LogP contribution in [0.4, 0.5) is 10.8 Å². The molecule has 0 aliphatic rings. The molecular weight excluding hydrogens is 402 g/mol. The normalized spacial score (nSPS) is 10.2. The van der Waals surface area contributed by atoms with Crippen molar-refractivity contribution in [2.75, 3.05) is 24.9 Å². The fourth-order valence-electron chi connectivity index (χ4n) is 2.29. The second kappa shape index (κ2) is 8.73. The molecule has 1 aromatic heterocycles. The van der Waals surface area contributed by atoms with Gasteiger partial charge >= 0.3 is 0 Å². The summed E-state index contributed by atoms with van der Waals surface area (Å²) in [5.41, 5.74) is 1.14. The standard InChI is InChI=1S/C19H16ClN3O4S/c1-26-13-6-3-11(4-7-13)17(24)23-19-22-15(10-28-19)18(25)21-12-5-8-16(27-2)14(20)9-12/h3-10H,1-2H3,(H,21,25)(H,22,23,24). The van der Waals surface area contributed by atoms with Crippen LogP contribution in [0.25, 0.3) is 0 Å². The van der Waals surface area contributed by atoms with Crippen molar-refractivity contribution in [2.24, 2.45) is 0 Å². The van der Waals surface area contributed by atoms with E-state index in [0.717, 1.165) is 11.3 Å². The molecule has 7 nitrogen and oxygen atoms in total. The van der Waals surface area contributed by atoms with Gasteiger partial charge in [-0.25, -0.2) is 4.98 Å². The SMILES string of the molecule is COc1ccc(C(=O)Nc2nc(C(=O)Nc3ccc(OC)c(Cl)c3)cs2)cc1. The number of anilines is 2. The lowest BCUT2D eigenvalue weighted by molar-refractivity contribution is 0.101. The zero-order valence-electron chi connectivity index (χ0n) is 15.0. The van der Waals surface area contributed by atoms with Crippen LogP contribution in [0.2, 0.25) is 5.02 Å². The van der Waals surface area contributed by atoms with E-state index < -0.39 is 5.91 Å². The highest BCUT2D eigenvalue weighted by molar-refractivity contribution is 7.14. The van der Waals surface area contributed by atoms with E-state index in [0.29, 0.717) is 32.9 Å². The second-order valence-corrected chi connectivity index (χ2v) is 6.79. The Labute approximate surface area is 170 Å². The third kappa shape index (κ3) is 4.59. The van der Waals surface area contributed by atoms with Crippen LogP contribution in [0.1, 0.15) is 20.8 Å². The number of amides is 2. The molecule has 28 heavy (non-hydrogen) atoms. The van der Waals surface area contributed by atoms with E-state index in [2.05, 4.69) is 15.6 Å². The Morgan fingerprint density at radius 3 is 2.39 bits per heavy atom. The Morgan fingerprint density at radius 1 is 1.00 bits per heavy atom. The van der Waals surface area contributed by atoms with E-state index in [4.69, 9.17) is 21.1 Å². The van der Waals surface area contributed by atoms with Crippen LogP contribution in [0, 0.1) is 0 Å². The molecule has 2 aromatic carbocycles. The van der Waals surface area contributed by atoms with E-state index in [-0.39, 0.29) is 11.6 Å². The molecule has 9 heteroatoms. The third-order valence-electron chi connectivity index (χ3n) is 3.72. The summed E-state index contributed by atoms with van der Waals surface area (Å²) in [4.78, 5) is 28.8. The molecule has 0 spiro atoms. The zero-order valence-corrected chi connectivity index (χ0v) is 16.6. The maximum Gasteiger partial charge on any atom is 0.275 e. The quantitative estimate of drug-likeness (QED) is 0.623. The van der Waals surface area contributed by atoms with Crippen LogP contribution in [0.15, 0.2) is 47.8 Å². The predicted molar refractivity (Wildman–Crippen MR) is 109 cm³/mol. The van der Waals surface area contributed by atoms with Gasteiger partial charge in [-0.1, -0.05) is 11.6 Å². The average Bonchev–Trinajstić information content (AvgIpc) is 3.17. The third-order valence-corrected chi connectivity index (χ3v) is 4.77. The number of ether oxygens (including phenoxy) is 2. The van der Waals surface area contributed by atoms with Crippen LogP contribution >= 0.6 is 22.9 Å². The molecule has 2 N–H and O–H groups in total. The number of halogens is 1. The van der Waals surface area contributed by atoms with E-state index in [1.54, 1.807) is 55.0 Å². The van der Waals surface area contributed by atoms with Crippen molar-refractivity contribution < 1.29 is 19.1 Å². The summed E-state index contributed by atoms with van der Waals surface area (Å²) in [7, 11) is 3.06. The van der Waals surface area contributed by atoms with Gasteiger partial charge in [0.15, 0.2) is 5.13 Å². The maximum absolute atomic E-state index is 12.4. The first-order chi connectivity index (χ1) is 13.5. The number of carbonyl (C=O) groups excluding carboxylic acids is 2. The van der Waals surface area contributed by atoms with E-state index in [1.807, 2.05) is 0 Å². The smallest absolute Gasteiger partial charge is 0.275 e. The molecule has 0 aliphatic heterocycles. The number of aromatic nitrogens is 1. The van der Waals surface area contributed by atoms with Crippen molar-refractivity contribution in [3.05, 3.63) is 64.1 Å². The van der Waals surface area contributed by atoms with Crippen molar-refractivity contribution in [3.63, 3.8) is 0 Å². The topological polar surface area (TPSA) is 89.5 Å². The highest BCUT2D eigenvalue weighted by Gasteiger charge is 2.14. The van der Waals surface area contributed by atoms with Gasteiger partial charge in [0.1, 0.15) is 17.2 Å². The van der Waals surface area contributed by atoms with Crippen LogP contribution in [-0.2, 0) is 0 Å². The Kier molecular flexibility index (Phi) is 6.13. The Hall–Kier alpha value is -3.10. The summed E-state index contributed by atoms with van der Waals surface area (Å²) in [5.74, 6) is 0.425. The molecule has 144 valence electrons. The number of nitrogens with zero attached hydrogens (tertiary/aromatic N) is 1. The summed E-state index contributed by atoms with van der Waals surface area (Å²) < 4.78 is 10.1. The van der Waals surface area contributed by atoms with Crippen LogP contribution in [-0.4, -0.2) is 31.0 Å². The van der Waals surface area contributed by atoms with Crippen molar-refractivity contribution in [2.45, 2.75) is 0 Å². The minimum Gasteiger partial charge on any atom is -0.497 e. The fraction of sp³-hybridized carbons (Fsp3) is 0.105. The first-order valence-corrected chi connectivity index (χ1v) is 9.31. The van der Waals surface area contributed by atoms with Crippen molar-refractivity contribution in [1.82, 2.24) is 4.98 Å². The molecular formula is C19H16ClN3O4S. The summed E-state index contributed by atoms with van der Waals surface area (Å²) in [5, 5.41) is 7.63. The number of hydrogen-bond acceptors (Lipinski definition) is 6. The van der Waals surface area contributed by atoms with Gasteiger partial charge in [0, 0.05) is 16.6 Å².